The van der Waals surface area contributed by atoms with E-state index in [0.29, 0.717) is 23.4 Å². The molecule has 39 heavy (non-hydrogen) atoms. The summed E-state index contributed by atoms with van der Waals surface area (Å²) in [7, 11) is -4.38. The number of amides is 1. The van der Waals surface area contributed by atoms with Crippen LogP contribution < -0.4 is 4.90 Å². The van der Waals surface area contributed by atoms with Gasteiger partial charge in [0.2, 0.25) is 15.9 Å². The third-order valence-electron chi connectivity index (χ3n) is 7.45. The second kappa shape index (κ2) is 11.2. The molecule has 1 saturated heterocycles. The van der Waals surface area contributed by atoms with Gasteiger partial charge in [-0.15, -0.1) is 0 Å². The van der Waals surface area contributed by atoms with E-state index < -0.39 is 44.1 Å². The van der Waals surface area contributed by atoms with E-state index in [-0.39, 0.29) is 19.5 Å². The minimum absolute atomic E-state index is 0.0227. The zero-order chi connectivity index (χ0) is 27.6. The van der Waals surface area contributed by atoms with Gasteiger partial charge >= 0.3 is 0 Å². The highest BCUT2D eigenvalue weighted by molar-refractivity contribution is 7.89. The van der Waals surface area contributed by atoms with Gasteiger partial charge in [0.15, 0.2) is 11.6 Å². The predicted molar refractivity (Wildman–Crippen MR) is 139 cm³/mol. The fourth-order valence-corrected chi connectivity index (χ4v) is 6.85. The van der Waals surface area contributed by atoms with Gasteiger partial charge in [-0.3, -0.25) is 14.8 Å². The number of anilines is 1. The molecule has 0 spiro atoms. The summed E-state index contributed by atoms with van der Waals surface area (Å²) in [5.74, 6) is -2.87. The Morgan fingerprint density at radius 3 is 2.51 bits per heavy atom. The quantitative estimate of drug-likeness (QED) is 0.422. The Bertz CT molecular complexity index is 1500. The lowest BCUT2D eigenvalue weighted by Crippen LogP contribution is -2.59. The number of carbonyl (C=O) groups excluding carboxylic acids is 1. The molecule has 11 heteroatoms. The number of rotatable bonds is 7. The predicted octanol–water partition coefficient (Wildman–Crippen LogP) is 4.67. The first-order valence-corrected chi connectivity index (χ1v) is 14.3. The van der Waals surface area contributed by atoms with Gasteiger partial charge < -0.3 is 4.90 Å². The van der Waals surface area contributed by atoms with Gasteiger partial charge in [0.25, 0.3) is 0 Å². The highest BCUT2D eigenvalue weighted by Crippen LogP contribution is 2.33. The van der Waals surface area contributed by atoms with Crippen LogP contribution in [0.3, 0.4) is 0 Å². The molecule has 2 aromatic heterocycles. The molecule has 0 radical (unpaired) electrons. The van der Waals surface area contributed by atoms with Crippen LogP contribution in [0.15, 0.2) is 59.9 Å². The molecule has 0 bridgehead atoms. The van der Waals surface area contributed by atoms with Gasteiger partial charge in [-0.05, 0) is 61.1 Å². The topological polar surface area (TPSA) is 107 Å². The van der Waals surface area contributed by atoms with Crippen molar-refractivity contribution in [2.24, 2.45) is 0 Å². The number of sulfonamides is 1. The maximum Gasteiger partial charge on any atom is 0.245 e. The zero-order valence-corrected chi connectivity index (χ0v) is 21.9. The van der Waals surface area contributed by atoms with Gasteiger partial charge in [-0.25, -0.2) is 17.2 Å². The fourth-order valence-electron chi connectivity index (χ4n) is 5.19. The Kier molecular flexibility index (Phi) is 7.68. The average molecular weight is 552 g/mol. The van der Waals surface area contributed by atoms with E-state index in [9.17, 15) is 22.0 Å². The summed E-state index contributed by atoms with van der Waals surface area (Å²) in [5, 5.41) is 9.08. The average Bonchev–Trinajstić information content (AvgIpc) is 2.93. The lowest BCUT2D eigenvalue weighted by atomic mass is 9.85. The molecule has 1 aromatic carbocycles. The van der Waals surface area contributed by atoms with Crippen LogP contribution in [0.5, 0.6) is 0 Å². The minimum Gasteiger partial charge on any atom is -0.303 e. The number of aromatic nitrogens is 2. The molecule has 3 aromatic rings. The summed E-state index contributed by atoms with van der Waals surface area (Å²) in [6, 6.07) is 9.02. The number of hydrogen-bond acceptors (Lipinski definition) is 6. The summed E-state index contributed by atoms with van der Waals surface area (Å²) in [5.41, 5.74) is 1.57. The van der Waals surface area contributed by atoms with Crippen molar-refractivity contribution in [3.8, 4) is 6.07 Å². The van der Waals surface area contributed by atoms with Crippen molar-refractivity contribution in [2.75, 3.05) is 11.4 Å². The lowest BCUT2D eigenvalue weighted by molar-refractivity contribution is -0.125. The monoisotopic (exact) mass is 551 g/mol. The fraction of sp³-hybridized carbons (Fsp3) is 0.357. The molecule has 8 nitrogen and oxygen atoms in total. The SMILES string of the molecule is N#Cc1cc(S(=O)(=O)N2CC[C@@H]2C(=O)N(Cc2ccc(C3CCCCC3)cn2)c2cccnc2)cc(F)c1F. The Balaban J connectivity index is 1.40. The van der Waals surface area contributed by atoms with E-state index in [1.165, 1.54) is 42.0 Å². The molecular formula is C28H27F2N5O3S. The molecule has 2 fully saturated rings. The van der Waals surface area contributed by atoms with Gasteiger partial charge in [0.05, 0.1) is 34.6 Å². The molecule has 1 saturated carbocycles. The Labute approximate surface area is 226 Å². The third-order valence-corrected chi connectivity index (χ3v) is 9.34. The summed E-state index contributed by atoms with van der Waals surface area (Å²) in [6.45, 7) is 0.123. The molecular weight excluding hydrogens is 524 g/mol. The van der Waals surface area contributed by atoms with Crippen LogP contribution in [-0.2, 0) is 21.4 Å². The van der Waals surface area contributed by atoms with E-state index in [0.717, 1.165) is 23.2 Å². The number of benzene rings is 1. The molecule has 1 aliphatic heterocycles. The number of hydrogen-bond donors (Lipinski definition) is 0. The van der Waals surface area contributed by atoms with Crippen LogP contribution >= 0.6 is 0 Å². The molecule has 2 aliphatic rings. The first-order valence-electron chi connectivity index (χ1n) is 12.9. The molecule has 0 N–H and O–H groups in total. The number of pyridine rings is 2. The molecule has 1 aliphatic carbocycles. The minimum atomic E-state index is -4.38. The highest BCUT2D eigenvalue weighted by atomic mass is 32.2. The summed E-state index contributed by atoms with van der Waals surface area (Å²) >= 11 is 0. The van der Waals surface area contributed by atoms with Crippen LogP contribution in [0.2, 0.25) is 0 Å². The van der Waals surface area contributed by atoms with E-state index >= 15 is 0 Å². The van der Waals surface area contributed by atoms with Crippen molar-refractivity contribution in [2.45, 2.75) is 61.9 Å². The Morgan fingerprint density at radius 2 is 1.90 bits per heavy atom. The maximum atomic E-state index is 14.0. The number of nitriles is 1. The van der Waals surface area contributed by atoms with Crippen LogP contribution in [0.25, 0.3) is 0 Å². The van der Waals surface area contributed by atoms with Crippen molar-refractivity contribution in [1.29, 1.82) is 5.26 Å². The van der Waals surface area contributed by atoms with E-state index in [4.69, 9.17) is 5.26 Å². The Hall–Kier alpha value is -3.75. The van der Waals surface area contributed by atoms with Crippen LogP contribution in [0.4, 0.5) is 14.5 Å². The van der Waals surface area contributed by atoms with Crippen LogP contribution in [-0.4, -0.2) is 41.2 Å². The summed E-state index contributed by atoms with van der Waals surface area (Å²) < 4.78 is 55.4. The van der Waals surface area contributed by atoms with Crippen molar-refractivity contribution < 1.29 is 22.0 Å². The van der Waals surface area contributed by atoms with E-state index in [1.807, 2.05) is 18.3 Å². The van der Waals surface area contributed by atoms with Gasteiger partial charge in [0.1, 0.15) is 12.1 Å². The second-order valence-electron chi connectivity index (χ2n) is 9.85. The second-order valence-corrected chi connectivity index (χ2v) is 11.7. The van der Waals surface area contributed by atoms with Crippen LogP contribution in [0, 0.1) is 23.0 Å². The first kappa shape index (κ1) is 26.8. The highest BCUT2D eigenvalue weighted by Gasteiger charge is 2.45. The number of halogens is 2. The largest absolute Gasteiger partial charge is 0.303 e. The van der Waals surface area contributed by atoms with Crippen molar-refractivity contribution in [3.63, 3.8) is 0 Å². The molecule has 0 unspecified atom stereocenters. The lowest BCUT2D eigenvalue weighted by Gasteiger charge is -2.40. The number of carbonyl (C=O) groups is 1. The molecule has 1 amide bonds. The van der Waals surface area contributed by atoms with E-state index in [1.54, 1.807) is 18.3 Å². The van der Waals surface area contributed by atoms with Crippen molar-refractivity contribution >= 4 is 21.6 Å². The first-order chi connectivity index (χ1) is 18.8. The van der Waals surface area contributed by atoms with Crippen LogP contribution in [0.1, 0.15) is 61.3 Å². The normalized spacial score (nSPS) is 18.2. The number of nitrogens with zero attached hydrogens (tertiary/aromatic N) is 5. The van der Waals surface area contributed by atoms with Crippen molar-refractivity contribution in [1.82, 2.24) is 14.3 Å². The third kappa shape index (κ3) is 5.40. The summed E-state index contributed by atoms with van der Waals surface area (Å²) in [4.78, 5) is 23.3. The van der Waals surface area contributed by atoms with Gasteiger partial charge in [-0.1, -0.05) is 25.3 Å². The zero-order valence-electron chi connectivity index (χ0n) is 21.1. The molecule has 1 atom stereocenters. The maximum absolute atomic E-state index is 14.0. The van der Waals surface area contributed by atoms with Gasteiger partial charge in [0, 0.05) is 18.9 Å². The van der Waals surface area contributed by atoms with Crippen molar-refractivity contribution in [3.05, 3.63) is 83.4 Å². The summed E-state index contributed by atoms with van der Waals surface area (Å²) in [6.07, 6.45) is 11.1. The van der Waals surface area contributed by atoms with Gasteiger partial charge in [-0.2, -0.15) is 9.57 Å². The molecule has 5 rings (SSSR count). The Morgan fingerprint density at radius 1 is 1.10 bits per heavy atom. The smallest absolute Gasteiger partial charge is 0.245 e. The molecule has 3 heterocycles. The standard InChI is InChI=1S/C28H27F2N5O3S/c29-25-14-24(13-21(15-31)27(25)30)39(37,38)35-12-10-26(35)28(36)34(23-7-4-11-32-17-23)18-22-9-8-20(16-33-22)19-5-2-1-3-6-19/h4,7-9,11,13-14,16-17,19,26H,1-3,5-6,10,12,18H2/t26-/m1/s1. The molecule has 202 valence electrons. The van der Waals surface area contributed by atoms with E-state index in [2.05, 4.69) is 9.97 Å².